The first kappa shape index (κ1) is 19.9. The molecule has 1 amide bonds. The zero-order valence-corrected chi connectivity index (χ0v) is 17.0. The number of carbonyl (C=O) groups is 1. The van der Waals surface area contributed by atoms with Gasteiger partial charge in [0.2, 0.25) is 15.9 Å². The molecule has 1 saturated heterocycles. The van der Waals surface area contributed by atoms with Crippen LogP contribution in [0.3, 0.4) is 0 Å². The third-order valence-corrected chi connectivity index (χ3v) is 7.49. The Hall–Kier alpha value is -1.83. The summed E-state index contributed by atoms with van der Waals surface area (Å²) in [6.07, 6.45) is 0. The van der Waals surface area contributed by atoms with Crippen LogP contribution >= 0.6 is 11.8 Å². The molecule has 0 bridgehead atoms. The van der Waals surface area contributed by atoms with Gasteiger partial charge >= 0.3 is 0 Å². The molecule has 3 rings (SSSR count). The van der Waals surface area contributed by atoms with Crippen molar-refractivity contribution in [2.75, 3.05) is 31.9 Å². The van der Waals surface area contributed by atoms with Crippen molar-refractivity contribution in [3.05, 3.63) is 65.7 Å². The van der Waals surface area contributed by atoms with Crippen LogP contribution < -0.4 is 0 Å². The topological polar surface area (TPSA) is 57.7 Å². The second kappa shape index (κ2) is 8.91. The van der Waals surface area contributed by atoms with E-state index in [4.69, 9.17) is 0 Å². The van der Waals surface area contributed by atoms with Crippen LogP contribution in [0, 0.1) is 6.92 Å². The number of carbonyl (C=O) groups excluding carboxylic acids is 1. The lowest BCUT2D eigenvalue weighted by atomic mass is 10.2. The minimum atomic E-state index is -3.49. The number of thioether (sulfide) groups is 1. The van der Waals surface area contributed by atoms with Crippen LogP contribution in [0.25, 0.3) is 0 Å². The highest BCUT2D eigenvalue weighted by Crippen LogP contribution is 2.19. The minimum Gasteiger partial charge on any atom is -0.339 e. The van der Waals surface area contributed by atoms with Gasteiger partial charge in [-0.1, -0.05) is 48.0 Å². The molecule has 144 valence electrons. The van der Waals surface area contributed by atoms with Crippen LogP contribution in [0.15, 0.2) is 59.5 Å². The molecule has 1 heterocycles. The minimum absolute atomic E-state index is 0.0725. The fourth-order valence-electron chi connectivity index (χ4n) is 2.96. The Morgan fingerprint density at radius 2 is 1.59 bits per heavy atom. The van der Waals surface area contributed by atoms with Crippen molar-refractivity contribution in [2.45, 2.75) is 17.6 Å². The fraction of sp³-hybridized carbons (Fsp3) is 0.350. The maximum Gasteiger partial charge on any atom is 0.243 e. The van der Waals surface area contributed by atoms with Gasteiger partial charge in [0, 0.05) is 31.9 Å². The largest absolute Gasteiger partial charge is 0.339 e. The third kappa shape index (κ3) is 5.12. The Morgan fingerprint density at radius 3 is 2.22 bits per heavy atom. The summed E-state index contributed by atoms with van der Waals surface area (Å²) in [6.45, 7) is 3.48. The molecule has 0 unspecified atom stereocenters. The van der Waals surface area contributed by atoms with E-state index >= 15 is 0 Å². The first-order chi connectivity index (χ1) is 13.0. The van der Waals surface area contributed by atoms with Crippen LogP contribution in [-0.2, 0) is 20.6 Å². The number of hydrogen-bond acceptors (Lipinski definition) is 4. The summed E-state index contributed by atoms with van der Waals surface area (Å²) in [5.74, 6) is 1.29. The Kier molecular flexibility index (Phi) is 6.57. The van der Waals surface area contributed by atoms with Crippen molar-refractivity contribution in [3.63, 3.8) is 0 Å². The van der Waals surface area contributed by atoms with Gasteiger partial charge in [-0.05, 0) is 24.6 Å². The zero-order chi connectivity index (χ0) is 19.3. The Balaban J connectivity index is 1.49. The number of aryl methyl sites for hydroxylation is 1. The van der Waals surface area contributed by atoms with Crippen molar-refractivity contribution >= 4 is 27.7 Å². The van der Waals surface area contributed by atoms with E-state index in [0.29, 0.717) is 36.8 Å². The molecule has 0 aromatic heterocycles. The quantitative estimate of drug-likeness (QED) is 0.743. The van der Waals surface area contributed by atoms with Crippen LogP contribution in [0.1, 0.15) is 11.1 Å². The summed E-state index contributed by atoms with van der Waals surface area (Å²) in [4.78, 5) is 14.5. The number of hydrogen-bond donors (Lipinski definition) is 0. The molecule has 0 aliphatic carbocycles. The number of amides is 1. The average molecular weight is 405 g/mol. The van der Waals surface area contributed by atoms with Crippen LogP contribution in [0.5, 0.6) is 0 Å². The molecule has 0 radical (unpaired) electrons. The van der Waals surface area contributed by atoms with Gasteiger partial charge in [-0.15, -0.1) is 11.8 Å². The first-order valence-corrected chi connectivity index (χ1v) is 11.5. The Labute approximate surface area is 165 Å². The van der Waals surface area contributed by atoms with E-state index in [-0.39, 0.29) is 5.91 Å². The number of nitrogens with zero attached hydrogens (tertiary/aromatic N) is 2. The molecular weight excluding hydrogens is 380 g/mol. The van der Waals surface area contributed by atoms with Gasteiger partial charge < -0.3 is 4.90 Å². The van der Waals surface area contributed by atoms with Crippen molar-refractivity contribution in [1.82, 2.24) is 9.21 Å². The Morgan fingerprint density at radius 1 is 0.963 bits per heavy atom. The molecule has 1 aliphatic rings. The van der Waals surface area contributed by atoms with E-state index in [1.807, 2.05) is 37.3 Å². The van der Waals surface area contributed by atoms with Crippen LogP contribution in [0.2, 0.25) is 0 Å². The standard InChI is InChI=1S/C20H24N2O3S2/c1-17-7-9-19(10-8-17)27(24,25)22-13-11-21(12-14-22)20(23)16-26-15-18-5-3-2-4-6-18/h2-10H,11-16H2,1H3. The number of benzene rings is 2. The molecule has 0 N–H and O–H groups in total. The normalized spacial score (nSPS) is 15.7. The highest BCUT2D eigenvalue weighted by molar-refractivity contribution is 7.99. The summed E-state index contributed by atoms with van der Waals surface area (Å²) in [5.41, 5.74) is 2.22. The van der Waals surface area contributed by atoms with E-state index in [0.717, 1.165) is 11.3 Å². The van der Waals surface area contributed by atoms with Gasteiger partial charge in [0.25, 0.3) is 0 Å². The highest BCUT2D eigenvalue weighted by Gasteiger charge is 2.29. The van der Waals surface area contributed by atoms with Crippen molar-refractivity contribution in [1.29, 1.82) is 0 Å². The number of rotatable bonds is 6. The summed E-state index contributed by atoms with van der Waals surface area (Å²) < 4.78 is 26.9. The SMILES string of the molecule is Cc1ccc(S(=O)(=O)N2CCN(C(=O)CSCc3ccccc3)CC2)cc1. The first-order valence-electron chi connectivity index (χ1n) is 8.93. The lowest BCUT2D eigenvalue weighted by molar-refractivity contribution is -0.129. The maximum absolute atomic E-state index is 12.7. The number of piperazine rings is 1. The molecule has 27 heavy (non-hydrogen) atoms. The van der Waals surface area contributed by atoms with E-state index in [1.54, 1.807) is 40.9 Å². The molecule has 7 heteroatoms. The molecule has 0 atom stereocenters. The van der Waals surface area contributed by atoms with E-state index in [2.05, 4.69) is 0 Å². The molecule has 1 aliphatic heterocycles. The molecule has 2 aromatic rings. The molecule has 2 aromatic carbocycles. The monoisotopic (exact) mass is 404 g/mol. The lowest BCUT2D eigenvalue weighted by Crippen LogP contribution is -2.50. The van der Waals surface area contributed by atoms with Gasteiger partial charge in [-0.25, -0.2) is 8.42 Å². The smallest absolute Gasteiger partial charge is 0.243 e. The molecule has 1 fully saturated rings. The fourth-order valence-corrected chi connectivity index (χ4v) is 5.27. The van der Waals surface area contributed by atoms with Crippen LogP contribution in [0.4, 0.5) is 0 Å². The highest BCUT2D eigenvalue weighted by atomic mass is 32.2. The summed E-state index contributed by atoms with van der Waals surface area (Å²) >= 11 is 1.59. The van der Waals surface area contributed by atoms with E-state index in [9.17, 15) is 13.2 Å². The van der Waals surface area contributed by atoms with Gasteiger partial charge in [0.15, 0.2) is 0 Å². The number of sulfonamides is 1. The second-order valence-electron chi connectivity index (χ2n) is 6.58. The molecule has 0 spiro atoms. The van der Waals surface area contributed by atoms with Crippen LogP contribution in [-0.4, -0.2) is 55.5 Å². The van der Waals surface area contributed by atoms with E-state index < -0.39 is 10.0 Å². The van der Waals surface area contributed by atoms with E-state index in [1.165, 1.54) is 9.87 Å². The second-order valence-corrected chi connectivity index (χ2v) is 9.50. The van der Waals surface area contributed by atoms with Gasteiger partial charge in [0.1, 0.15) is 0 Å². The zero-order valence-electron chi connectivity index (χ0n) is 15.4. The summed E-state index contributed by atoms with van der Waals surface area (Å²) in [6, 6.07) is 16.9. The molecular formula is C20H24N2O3S2. The summed E-state index contributed by atoms with van der Waals surface area (Å²) in [5, 5.41) is 0. The summed E-state index contributed by atoms with van der Waals surface area (Å²) in [7, 11) is -3.49. The van der Waals surface area contributed by atoms with Gasteiger partial charge in [0.05, 0.1) is 10.6 Å². The third-order valence-electron chi connectivity index (χ3n) is 4.59. The molecule has 0 saturated carbocycles. The van der Waals surface area contributed by atoms with Gasteiger partial charge in [-0.2, -0.15) is 4.31 Å². The Bertz CT molecular complexity index is 860. The van der Waals surface area contributed by atoms with Crippen molar-refractivity contribution < 1.29 is 13.2 Å². The molecule has 5 nitrogen and oxygen atoms in total. The lowest BCUT2D eigenvalue weighted by Gasteiger charge is -2.34. The van der Waals surface area contributed by atoms with Gasteiger partial charge in [-0.3, -0.25) is 4.79 Å². The average Bonchev–Trinajstić information content (AvgIpc) is 2.69. The van der Waals surface area contributed by atoms with Crippen molar-refractivity contribution in [2.24, 2.45) is 0 Å². The predicted octanol–water partition coefficient (Wildman–Crippen LogP) is 2.76. The predicted molar refractivity (Wildman–Crippen MR) is 109 cm³/mol. The van der Waals surface area contributed by atoms with Crippen molar-refractivity contribution in [3.8, 4) is 0 Å². The maximum atomic E-state index is 12.7.